The Hall–Kier alpha value is -2.84. The lowest BCUT2D eigenvalue weighted by Gasteiger charge is -2.38. The van der Waals surface area contributed by atoms with E-state index in [1.807, 2.05) is 30.3 Å². The largest absolute Gasteiger partial charge is 0.375 e. The summed E-state index contributed by atoms with van der Waals surface area (Å²) in [4.78, 5) is 14.6. The molecule has 128 valence electrons. The number of carbonyl (C=O) groups is 1. The Morgan fingerprint density at radius 3 is 2.72 bits per heavy atom. The Morgan fingerprint density at radius 2 is 2.00 bits per heavy atom. The highest BCUT2D eigenvalue weighted by molar-refractivity contribution is 6.04. The maximum absolute atomic E-state index is 12.3. The van der Waals surface area contributed by atoms with Gasteiger partial charge in [-0.05, 0) is 56.3 Å². The molecule has 0 saturated carbocycles. The van der Waals surface area contributed by atoms with Crippen molar-refractivity contribution >= 4 is 17.3 Å². The summed E-state index contributed by atoms with van der Waals surface area (Å²) in [6, 6.07) is 16.8. The SMILES string of the molecule is CC1CN(c2ccc(NC(=O)c3cccc(C#N)c3)cc2)C(C)CO1. The predicted octanol–water partition coefficient (Wildman–Crippen LogP) is 3.42. The number of anilines is 2. The van der Waals surface area contributed by atoms with Gasteiger partial charge in [-0.25, -0.2) is 0 Å². The molecule has 3 rings (SSSR count). The van der Waals surface area contributed by atoms with Gasteiger partial charge in [0.25, 0.3) is 5.91 Å². The number of nitriles is 1. The highest BCUT2D eigenvalue weighted by Gasteiger charge is 2.23. The van der Waals surface area contributed by atoms with E-state index < -0.39 is 0 Å². The van der Waals surface area contributed by atoms with Crippen LogP contribution >= 0.6 is 0 Å². The van der Waals surface area contributed by atoms with Crippen molar-refractivity contribution in [3.63, 3.8) is 0 Å². The maximum Gasteiger partial charge on any atom is 0.255 e. The predicted molar refractivity (Wildman–Crippen MR) is 97.8 cm³/mol. The summed E-state index contributed by atoms with van der Waals surface area (Å²) in [6.45, 7) is 5.79. The Kier molecular flexibility index (Phi) is 5.01. The zero-order valence-electron chi connectivity index (χ0n) is 14.4. The molecule has 5 heteroatoms. The van der Waals surface area contributed by atoms with Gasteiger partial charge >= 0.3 is 0 Å². The van der Waals surface area contributed by atoms with Gasteiger partial charge in [-0.1, -0.05) is 6.07 Å². The van der Waals surface area contributed by atoms with Crippen LogP contribution in [0.1, 0.15) is 29.8 Å². The number of ether oxygens (including phenoxy) is 1. The van der Waals surface area contributed by atoms with Gasteiger partial charge in [-0.3, -0.25) is 4.79 Å². The van der Waals surface area contributed by atoms with Crippen LogP contribution in [-0.4, -0.2) is 31.2 Å². The standard InChI is InChI=1S/C20H21N3O2/c1-14-13-25-15(2)12-23(14)19-8-6-18(7-9-19)22-20(24)17-5-3-4-16(10-17)11-21/h3-10,14-15H,12-13H2,1-2H3,(H,22,24). The summed E-state index contributed by atoms with van der Waals surface area (Å²) < 4.78 is 5.66. The van der Waals surface area contributed by atoms with Crippen molar-refractivity contribution in [3.8, 4) is 6.07 Å². The highest BCUT2D eigenvalue weighted by atomic mass is 16.5. The first-order valence-corrected chi connectivity index (χ1v) is 8.36. The topological polar surface area (TPSA) is 65.4 Å². The van der Waals surface area contributed by atoms with Gasteiger partial charge in [-0.15, -0.1) is 0 Å². The monoisotopic (exact) mass is 335 g/mol. The number of nitrogens with one attached hydrogen (secondary N) is 1. The number of amides is 1. The number of rotatable bonds is 3. The molecule has 0 spiro atoms. The van der Waals surface area contributed by atoms with Crippen molar-refractivity contribution in [1.29, 1.82) is 5.26 Å². The Labute approximate surface area is 147 Å². The molecule has 1 aliphatic rings. The molecule has 0 bridgehead atoms. The molecule has 0 aliphatic carbocycles. The quantitative estimate of drug-likeness (QED) is 0.933. The second-order valence-corrected chi connectivity index (χ2v) is 6.34. The highest BCUT2D eigenvalue weighted by Crippen LogP contribution is 2.23. The number of carbonyl (C=O) groups excluding carboxylic acids is 1. The summed E-state index contributed by atoms with van der Waals surface area (Å²) in [5.41, 5.74) is 2.79. The van der Waals surface area contributed by atoms with Crippen LogP contribution in [0.25, 0.3) is 0 Å². The first kappa shape index (κ1) is 17.0. The van der Waals surface area contributed by atoms with E-state index >= 15 is 0 Å². The van der Waals surface area contributed by atoms with Gasteiger partial charge in [0.15, 0.2) is 0 Å². The average molecular weight is 335 g/mol. The third kappa shape index (κ3) is 3.98. The van der Waals surface area contributed by atoms with Crippen molar-refractivity contribution in [3.05, 3.63) is 59.7 Å². The van der Waals surface area contributed by atoms with Crippen LogP contribution in [0.2, 0.25) is 0 Å². The molecule has 1 heterocycles. The molecule has 2 unspecified atom stereocenters. The second kappa shape index (κ2) is 7.37. The molecule has 1 aliphatic heterocycles. The van der Waals surface area contributed by atoms with E-state index in [0.717, 1.165) is 24.5 Å². The lowest BCUT2D eigenvalue weighted by Crippen LogP contribution is -2.47. The van der Waals surface area contributed by atoms with E-state index in [1.54, 1.807) is 24.3 Å². The summed E-state index contributed by atoms with van der Waals surface area (Å²) in [6.07, 6.45) is 0.211. The van der Waals surface area contributed by atoms with Gasteiger partial charge in [0, 0.05) is 29.5 Å². The van der Waals surface area contributed by atoms with E-state index in [2.05, 4.69) is 24.1 Å². The fraction of sp³-hybridized carbons (Fsp3) is 0.300. The molecule has 0 radical (unpaired) electrons. The van der Waals surface area contributed by atoms with E-state index in [0.29, 0.717) is 17.2 Å². The molecule has 25 heavy (non-hydrogen) atoms. The Morgan fingerprint density at radius 1 is 1.24 bits per heavy atom. The normalized spacial score (nSPS) is 20.0. The van der Waals surface area contributed by atoms with Crippen LogP contribution in [-0.2, 0) is 4.74 Å². The van der Waals surface area contributed by atoms with Gasteiger partial charge in [0.05, 0.1) is 24.3 Å². The average Bonchev–Trinajstić information content (AvgIpc) is 2.64. The molecule has 1 amide bonds. The Bertz CT molecular complexity index is 795. The summed E-state index contributed by atoms with van der Waals surface area (Å²) in [5, 5.41) is 11.8. The van der Waals surface area contributed by atoms with Crippen molar-refractivity contribution in [2.24, 2.45) is 0 Å². The van der Waals surface area contributed by atoms with Crippen LogP contribution in [0.15, 0.2) is 48.5 Å². The summed E-state index contributed by atoms with van der Waals surface area (Å²) in [5.74, 6) is -0.224. The number of hydrogen-bond acceptors (Lipinski definition) is 4. The number of morpholine rings is 1. The van der Waals surface area contributed by atoms with E-state index in [4.69, 9.17) is 10.00 Å². The summed E-state index contributed by atoms with van der Waals surface area (Å²) >= 11 is 0. The first-order valence-electron chi connectivity index (χ1n) is 8.36. The van der Waals surface area contributed by atoms with E-state index in [1.165, 1.54) is 0 Å². The maximum atomic E-state index is 12.3. The van der Waals surface area contributed by atoms with E-state index in [-0.39, 0.29) is 12.0 Å². The third-order valence-corrected chi connectivity index (χ3v) is 4.32. The minimum absolute atomic E-state index is 0.211. The molecule has 0 aromatic heterocycles. The zero-order valence-corrected chi connectivity index (χ0v) is 14.4. The Balaban J connectivity index is 1.70. The van der Waals surface area contributed by atoms with Gasteiger partial charge < -0.3 is 15.0 Å². The minimum Gasteiger partial charge on any atom is -0.375 e. The molecular weight excluding hydrogens is 314 g/mol. The first-order chi connectivity index (χ1) is 12.1. The van der Waals surface area contributed by atoms with Crippen LogP contribution in [0.3, 0.4) is 0 Å². The van der Waals surface area contributed by atoms with Gasteiger partial charge in [-0.2, -0.15) is 5.26 Å². The number of nitrogens with zero attached hydrogens (tertiary/aromatic N) is 2. The lowest BCUT2D eigenvalue weighted by molar-refractivity contribution is 0.0344. The second-order valence-electron chi connectivity index (χ2n) is 6.34. The van der Waals surface area contributed by atoms with Crippen LogP contribution < -0.4 is 10.2 Å². The number of hydrogen-bond donors (Lipinski definition) is 1. The fourth-order valence-electron chi connectivity index (χ4n) is 2.93. The molecule has 1 fully saturated rings. The van der Waals surface area contributed by atoms with Crippen LogP contribution in [0.5, 0.6) is 0 Å². The zero-order chi connectivity index (χ0) is 17.8. The third-order valence-electron chi connectivity index (χ3n) is 4.32. The minimum atomic E-state index is -0.224. The number of benzene rings is 2. The molecule has 1 saturated heterocycles. The fourth-order valence-corrected chi connectivity index (χ4v) is 2.93. The molecule has 1 N–H and O–H groups in total. The lowest BCUT2D eigenvalue weighted by atomic mass is 10.1. The van der Waals surface area contributed by atoms with Crippen molar-refractivity contribution in [2.45, 2.75) is 26.0 Å². The smallest absolute Gasteiger partial charge is 0.255 e. The van der Waals surface area contributed by atoms with Crippen molar-refractivity contribution in [2.75, 3.05) is 23.4 Å². The molecule has 2 aromatic rings. The molecule has 5 nitrogen and oxygen atoms in total. The van der Waals surface area contributed by atoms with Crippen LogP contribution in [0, 0.1) is 11.3 Å². The van der Waals surface area contributed by atoms with E-state index in [9.17, 15) is 4.79 Å². The molecule has 2 aromatic carbocycles. The van der Waals surface area contributed by atoms with Crippen molar-refractivity contribution in [1.82, 2.24) is 0 Å². The molecule has 2 atom stereocenters. The van der Waals surface area contributed by atoms with Gasteiger partial charge in [0.2, 0.25) is 0 Å². The molecular formula is C20H21N3O2. The van der Waals surface area contributed by atoms with Crippen molar-refractivity contribution < 1.29 is 9.53 Å². The summed E-state index contributed by atoms with van der Waals surface area (Å²) in [7, 11) is 0. The van der Waals surface area contributed by atoms with Gasteiger partial charge in [0.1, 0.15) is 0 Å². The van der Waals surface area contributed by atoms with Crippen LogP contribution in [0.4, 0.5) is 11.4 Å².